The number of carbonyl (C=O) groups is 1. The van der Waals surface area contributed by atoms with Crippen molar-refractivity contribution in [2.45, 2.75) is 57.4 Å². The van der Waals surface area contributed by atoms with E-state index in [0.717, 1.165) is 31.9 Å². The molecule has 0 bridgehead atoms. The minimum atomic E-state index is -3.38. The second-order valence-electron chi connectivity index (χ2n) is 7.50. The summed E-state index contributed by atoms with van der Waals surface area (Å²) < 4.78 is 28.9. The van der Waals surface area contributed by atoms with E-state index in [9.17, 15) is 13.2 Å². The maximum absolute atomic E-state index is 12.7. The third-order valence-corrected chi connectivity index (χ3v) is 6.42. The van der Waals surface area contributed by atoms with Gasteiger partial charge in [0.05, 0.1) is 4.90 Å². The molecule has 1 saturated heterocycles. The van der Waals surface area contributed by atoms with Gasteiger partial charge in [-0.2, -0.15) is 4.98 Å². The molecule has 2 fully saturated rings. The topological polar surface area (TPSA) is 106 Å². The van der Waals surface area contributed by atoms with E-state index in [0.29, 0.717) is 23.9 Å². The van der Waals surface area contributed by atoms with E-state index in [1.54, 1.807) is 0 Å². The van der Waals surface area contributed by atoms with Gasteiger partial charge in [-0.25, -0.2) is 8.42 Å². The van der Waals surface area contributed by atoms with Crippen LogP contribution in [0.25, 0.3) is 11.4 Å². The molecule has 2 aromatic rings. The first kappa shape index (κ1) is 21.4. The second kappa shape index (κ2) is 8.61. The number of pyridine rings is 1. The summed E-state index contributed by atoms with van der Waals surface area (Å²) in [6, 6.07) is 1.26. The molecule has 29 heavy (non-hydrogen) atoms. The summed E-state index contributed by atoms with van der Waals surface area (Å²) in [5.41, 5.74) is 0.470. The lowest BCUT2D eigenvalue weighted by Crippen LogP contribution is -2.39. The molecule has 3 unspecified atom stereocenters. The standard InChI is InChI=1S/C18H22N4O4S.C2H6/c1-11-7-14(11)18(23)22-6-4-3-5-15(22)17-20-16(21-26-17)12-8-13(10-19-9-12)27(2,24)25;1-2/h8-11,14-15H,3-7H2,1-2H3;1-2H3. The number of aromatic nitrogens is 3. The fourth-order valence-corrected chi connectivity index (χ4v) is 4.16. The van der Waals surface area contributed by atoms with Crippen molar-refractivity contribution in [1.29, 1.82) is 0 Å². The molecule has 0 aromatic carbocycles. The highest BCUT2D eigenvalue weighted by molar-refractivity contribution is 7.90. The maximum Gasteiger partial charge on any atom is 0.249 e. The normalized spacial score (nSPS) is 23.9. The lowest BCUT2D eigenvalue weighted by molar-refractivity contribution is -0.137. The summed E-state index contributed by atoms with van der Waals surface area (Å²) in [5, 5.41) is 4.00. The zero-order chi connectivity index (χ0) is 21.2. The second-order valence-corrected chi connectivity index (χ2v) is 9.52. The average Bonchev–Trinajstić information content (AvgIpc) is 3.26. The summed E-state index contributed by atoms with van der Waals surface area (Å²) in [4.78, 5) is 23.1. The number of rotatable bonds is 4. The molecule has 2 aliphatic rings. The van der Waals surface area contributed by atoms with E-state index in [2.05, 4.69) is 22.0 Å². The van der Waals surface area contributed by atoms with Crippen molar-refractivity contribution in [2.24, 2.45) is 11.8 Å². The summed E-state index contributed by atoms with van der Waals surface area (Å²) in [6.07, 6.45) is 7.62. The molecule has 1 saturated carbocycles. The van der Waals surface area contributed by atoms with Gasteiger partial charge >= 0.3 is 0 Å². The Hall–Kier alpha value is -2.29. The molecule has 1 aliphatic heterocycles. The van der Waals surface area contributed by atoms with Crippen molar-refractivity contribution in [3.63, 3.8) is 0 Å². The molecule has 0 radical (unpaired) electrons. The van der Waals surface area contributed by atoms with Crippen molar-refractivity contribution < 1.29 is 17.7 Å². The Kier molecular flexibility index (Phi) is 6.36. The van der Waals surface area contributed by atoms with E-state index in [-0.39, 0.29) is 28.6 Å². The molecule has 9 heteroatoms. The van der Waals surface area contributed by atoms with Gasteiger partial charge in [0.2, 0.25) is 17.6 Å². The van der Waals surface area contributed by atoms with Crippen LogP contribution < -0.4 is 0 Å². The van der Waals surface area contributed by atoms with Crippen LogP contribution in [0.2, 0.25) is 0 Å². The van der Waals surface area contributed by atoms with Crippen molar-refractivity contribution in [1.82, 2.24) is 20.0 Å². The van der Waals surface area contributed by atoms with Crippen molar-refractivity contribution in [3.05, 3.63) is 24.4 Å². The van der Waals surface area contributed by atoms with Crippen molar-refractivity contribution >= 4 is 15.7 Å². The number of piperidine rings is 1. The summed E-state index contributed by atoms with van der Waals surface area (Å²) in [7, 11) is -3.38. The van der Waals surface area contributed by atoms with E-state index >= 15 is 0 Å². The van der Waals surface area contributed by atoms with Gasteiger partial charge < -0.3 is 9.42 Å². The number of likely N-dealkylation sites (tertiary alicyclic amines) is 1. The summed E-state index contributed by atoms with van der Waals surface area (Å²) >= 11 is 0. The van der Waals surface area contributed by atoms with Crippen molar-refractivity contribution in [2.75, 3.05) is 12.8 Å². The van der Waals surface area contributed by atoms with Crippen LogP contribution in [0, 0.1) is 11.8 Å². The molecule has 3 atom stereocenters. The quantitative estimate of drug-likeness (QED) is 0.747. The molecule has 158 valence electrons. The zero-order valence-corrected chi connectivity index (χ0v) is 18.1. The summed E-state index contributed by atoms with van der Waals surface area (Å²) in [5.74, 6) is 1.41. The molecule has 4 rings (SSSR count). The van der Waals surface area contributed by atoms with Gasteiger partial charge in [-0.3, -0.25) is 9.78 Å². The van der Waals surface area contributed by atoms with Crippen LogP contribution >= 0.6 is 0 Å². The Balaban J connectivity index is 0.00000117. The fraction of sp³-hybridized carbons (Fsp3) is 0.600. The first-order valence-corrected chi connectivity index (χ1v) is 12.0. The Morgan fingerprint density at radius 2 is 1.97 bits per heavy atom. The van der Waals surface area contributed by atoms with Gasteiger partial charge in [0.25, 0.3) is 0 Å². The number of hydrogen-bond donors (Lipinski definition) is 0. The first-order valence-electron chi connectivity index (χ1n) is 10.1. The Morgan fingerprint density at radius 1 is 1.24 bits per heavy atom. The van der Waals surface area contributed by atoms with Gasteiger partial charge in [-0.05, 0) is 37.7 Å². The number of sulfone groups is 1. The fourth-order valence-electron chi connectivity index (χ4n) is 3.56. The van der Waals surface area contributed by atoms with Crippen LogP contribution in [-0.4, -0.2) is 47.2 Å². The molecule has 2 aromatic heterocycles. The largest absolute Gasteiger partial charge is 0.337 e. The minimum Gasteiger partial charge on any atom is -0.337 e. The zero-order valence-electron chi connectivity index (χ0n) is 17.3. The molecule has 3 heterocycles. The van der Waals surface area contributed by atoms with Gasteiger partial charge in [0.15, 0.2) is 9.84 Å². The highest BCUT2D eigenvalue weighted by Crippen LogP contribution is 2.42. The van der Waals surface area contributed by atoms with E-state index in [4.69, 9.17) is 4.52 Å². The van der Waals surface area contributed by atoms with E-state index in [1.165, 1.54) is 18.5 Å². The number of nitrogens with zero attached hydrogens (tertiary/aromatic N) is 4. The third-order valence-electron chi connectivity index (χ3n) is 5.34. The Bertz CT molecular complexity index is 972. The molecular formula is C20H28N4O4S. The molecule has 0 N–H and O–H groups in total. The first-order chi connectivity index (χ1) is 13.8. The predicted molar refractivity (Wildman–Crippen MR) is 108 cm³/mol. The molecule has 1 amide bonds. The SMILES string of the molecule is CC.CC1CC1C(=O)N1CCCCC1c1nc(-c2cncc(S(C)(=O)=O)c2)no1. The number of amides is 1. The lowest BCUT2D eigenvalue weighted by atomic mass is 10.0. The van der Waals surface area contributed by atoms with Crippen LogP contribution in [0.1, 0.15) is 58.4 Å². The lowest BCUT2D eigenvalue weighted by Gasteiger charge is -2.33. The third kappa shape index (κ3) is 4.66. The minimum absolute atomic E-state index is 0.101. The monoisotopic (exact) mass is 420 g/mol. The molecular weight excluding hydrogens is 392 g/mol. The van der Waals surface area contributed by atoms with Crippen LogP contribution in [0.15, 0.2) is 27.9 Å². The van der Waals surface area contributed by atoms with E-state index in [1.807, 2.05) is 18.7 Å². The van der Waals surface area contributed by atoms with Gasteiger partial charge in [0, 0.05) is 36.7 Å². The Labute approximate surface area is 171 Å². The number of carbonyl (C=O) groups excluding carboxylic acids is 1. The van der Waals surface area contributed by atoms with E-state index < -0.39 is 9.84 Å². The highest BCUT2D eigenvalue weighted by Gasteiger charge is 2.44. The smallest absolute Gasteiger partial charge is 0.249 e. The highest BCUT2D eigenvalue weighted by atomic mass is 32.2. The summed E-state index contributed by atoms with van der Waals surface area (Å²) in [6.45, 7) is 6.80. The molecule has 1 aliphatic carbocycles. The van der Waals surface area contributed by atoms with Crippen molar-refractivity contribution in [3.8, 4) is 11.4 Å². The number of hydrogen-bond acceptors (Lipinski definition) is 7. The van der Waals surface area contributed by atoms with Crippen LogP contribution in [-0.2, 0) is 14.6 Å². The maximum atomic E-state index is 12.7. The Morgan fingerprint density at radius 3 is 2.62 bits per heavy atom. The van der Waals surface area contributed by atoms with Crippen LogP contribution in [0.4, 0.5) is 0 Å². The van der Waals surface area contributed by atoms with Gasteiger partial charge in [-0.1, -0.05) is 25.9 Å². The van der Waals surface area contributed by atoms with Gasteiger partial charge in [-0.15, -0.1) is 0 Å². The molecule has 0 spiro atoms. The predicted octanol–water partition coefficient (Wildman–Crippen LogP) is 3.27. The van der Waals surface area contributed by atoms with Gasteiger partial charge in [0.1, 0.15) is 6.04 Å². The average molecular weight is 421 g/mol. The molecule has 8 nitrogen and oxygen atoms in total. The van der Waals surface area contributed by atoms with Crippen LogP contribution in [0.5, 0.6) is 0 Å². The van der Waals surface area contributed by atoms with Crippen LogP contribution in [0.3, 0.4) is 0 Å².